The van der Waals surface area contributed by atoms with Gasteiger partial charge in [0.2, 0.25) is 5.56 Å². The lowest BCUT2D eigenvalue weighted by atomic mass is 10.0. The molecule has 0 fully saturated rings. The van der Waals surface area contributed by atoms with Crippen molar-refractivity contribution in [3.63, 3.8) is 0 Å². The Bertz CT molecular complexity index is 649. The molecule has 0 aliphatic carbocycles. The van der Waals surface area contributed by atoms with Gasteiger partial charge in [-0.25, -0.2) is 0 Å². The molecule has 0 aliphatic rings. The quantitative estimate of drug-likeness (QED) is 0.762. The highest BCUT2D eigenvalue weighted by Crippen LogP contribution is 2.19. The van der Waals surface area contributed by atoms with Crippen molar-refractivity contribution in [1.82, 2.24) is 4.98 Å². The van der Waals surface area contributed by atoms with Gasteiger partial charge < -0.3 is 15.8 Å². The molecular formula is C14H14N2O3. The number of carbonyl (C=O) groups is 1. The number of rotatable bonds is 4. The fourth-order valence-electron chi connectivity index (χ4n) is 1.84. The first-order chi connectivity index (χ1) is 9.06. The second-order valence-corrected chi connectivity index (χ2v) is 4.29. The van der Waals surface area contributed by atoms with E-state index in [2.05, 4.69) is 4.98 Å². The molecule has 5 nitrogen and oxygen atoms in total. The molecule has 2 rings (SSSR count). The lowest BCUT2D eigenvalue weighted by Gasteiger charge is -2.08. The van der Waals surface area contributed by atoms with Crippen molar-refractivity contribution in [3.8, 4) is 11.1 Å². The maximum absolute atomic E-state index is 11.3. The van der Waals surface area contributed by atoms with Crippen LogP contribution in [-0.2, 0) is 11.2 Å². The smallest absolute Gasteiger partial charge is 0.320 e. The van der Waals surface area contributed by atoms with E-state index in [1.54, 1.807) is 12.3 Å². The molecule has 0 amide bonds. The van der Waals surface area contributed by atoms with Crippen LogP contribution in [0.5, 0.6) is 0 Å². The molecule has 0 radical (unpaired) electrons. The number of nitrogens with one attached hydrogen (secondary N) is 1. The Kier molecular flexibility index (Phi) is 3.77. The maximum Gasteiger partial charge on any atom is 0.320 e. The van der Waals surface area contributed by atoms with E-state index >= 15 is 0 Å². The van der Waals surface area contributed by atoms with Crippen LogP contribution >= 0.6 is 0 Å². The number of hydrogen-bond donors (Lipinski definition) is 3. The first-order valence-corrected chi connectivity index (χ1v) is 5.83. The molecule has 1 atom stereocenters. The second kappa shape index (κ2) is 5.49. The molecule has 0 unspecified atom stereocenters. The Balaban J connectivity index is 2.29. The maximum atomic E-state index is 11.3. The van der Waals surface area contributed by atoms with Crippen molar-refractivity contribution >= 4 is 5.97 Å². The summed E-state index contributed by atoms with van der Waals surface area (Å²) in [5, 5.41) is 8.80. The number of hydrogen-bond acceptors (Lipinski definition) is 3. The number of aromatic amines is 1. The van der Waals surface area contributed by atoms with Crippen LogP contribution in [-0.4, -0.2) is 22.1 Å². The summed E-state index contributed by atoms with van der Waals surface area (Å²) in [7, 11) is 0. The molecule has 1 heterocycles. The average molecular weight is 258 g/mol. The van der Waals surface area contributed by atoms with Crippen LogP contribution in [0.25, 0.3) is 11.1 Å². The summed E-state index contributed by atoms with van der Waals surface area (Å²) in [6.07, 6.45) is 1.83. The van der Waals surface area contributed by atoms with Gasteiger partial charge in [0.05, 0.1) is 0 Å². The number of aromatic nitrogens is 1. The molecule has 0 saturated heterocycles. The molecule has 1 aromatic heterocycles. The highest BCUT2D eigenvalue weighted by molar-refractivity contribution is 5.73. The molecule has 4 N–H and O–H groups in total. The monoisotopic (exact) mass is 258 g/mol. The molecule has 19 heavy (non-hydrogen) atoms. The van der Waals surface area contributed by atoms with Crippen molar-refractivity contribution in [2.45, 2.75) is 12.5 Å². The Morgan fingerprint density at radius 2 is 2.00 bits per heavy atom. The third kappa shape index (κ3) is 3.29. The number of H-pyrrole nitrogens is 1. The van der Waals surface area contributed by atoms with Crippen LogP contribution in [0, 0.1) is 0 Å². The lowest BCUT2D eigenvalue weighted by Crippen LogP contribution is -2.32. The van der Waals surface area contributed by atoms with Crippen LogP contribution < -0.4 is 11.3 Å². The van der Waals surface area contributed by atoms with E-state index in [4.69, 9.17) is 10.8 Å². The number of carboxylic acids is 1. The third-order valence-electron chi connectivity index (χ3n) is 2.81. The van der Waals surface area contributed by atoms with E-state index in [0.717, 1.165) is 16.7 Å². The molecule has 5 heteroatoms. The largest absolute Gasteiger partial charge is 0.480 e. The molecule has 0 spiro atoms. The predicted molar refractivity (Wildman–Crippen MR) is 71.8 cm³/mol. The van der Waals surface area contributed by atoms with E-state index in [9.17, 15) is 9.59 Å². The minimum absolute atomic E-state index is 0.176. The number of nitrogens with two attached hydrogens (primary N) is 1. The van der Waals surface area contributed by atoms with E-state index in [1.807, 2.05) is 24.3 Å². The van der Waals surface area contributed by atoms with Crippen LogP contribution in [0.2, 0.25) is 0 Å². The van der Waals surface area contributed by atoms with Gasteiger partial charge in [-0.1, -0.05) is 24.3 Å². The van der Waals surface area contributed by atoms with Crippen molar-refractivity contribution < 1.29 is 9.90 Å². The molecule has 1 aromatic carbocycles. The second-order valence-electron chi connectivity index (χ2n) is 4.29. The molecular weight excluding hydrogens is 244 g/mol. The minimum Gasteiger partial charge on any atom is -0.480 e. The Morgan fingerprint density at radius 3 is 2.68 bits per heavy atom. The van der Waals surface area contributed by atoms with Crippen molar-refractivity contribution in [3.05, 3.63) is 58.5 Å². The van der Waals surface area contributed by atoms with Crippen LogP contribution in [0.1, 0.15) is 5.56 Å². The number of pyridine rings is 1. The van der Waals surface area contributed by atoms with Gasteiger partial charge in [0.25, 0.3) is 0 Å². The van der Waals surface area contributed by atoms with Gasteiger partial charge in [0.15, 0.2) is 0 Å². The van der Waals surface area contributed by atoms with Gasteiger partial charge in [0.1, 0.15) is 6.04 Å². The normalized spacial score (nSPS) is 12.1. The van der Waals surface area contributed by atoms with Gasteiger partial charge in [-0.15, -0.1) is 0 Å². The zero-order chi connectivity index (χ0) is 13.8. The lowest BCUT2D eigenvalue weighted by molar-refractivity contribution is -0.138. The SMILES string of the molecule is N[C@@H](Cc1cccc(-c2cc[nH]c(=O)c2)c1)C(=O)O. The van der Waals surface area contributed by atoms with Crippen molar-refractivity contribution in [2.75, 3.05) is 0 Å². The van der Waals surface area contributed by atoms with Crippen molar-refractivity contribution in [2.24, 2.45) is 5.73 Å². The molecule has 98 valence electrons. The van der Waals surface area contributed by atoms with E-state index in [0.29, 0.717) is 0 Å². The Morgan fingerprint density at radius 1 is 1.26 bits per heavy atom. The van der Waals surface area contributed by atoms with Gasteiger partial charge in [-0.2, -0.15) is 0 Å². The minimum atomic E-state index is -1.03. The summed E-state index contributed by atoms with van der Waals surface area (Å²) >= 11 is 0. The summed E-state index contributed by atoms with van der Waals surface area (Å²) in [6, 6.07) is 9.71. The first kappa shape index (κ1) is 13.0. The summed E-state index contributed by atoms with van der Waals surface area (Å²) in [6.45, 7) is 0. The molecule has 2 aromatic rings. The summed E-state index contributed by atoms with van der Waals surface area (Å²) in [5.41, 5.74) is 7.81. The van der Waals surface area contributed by atoms with Gasteiger partial charge >= 0.3 is 5.97 Å². The van der Waals surface area contributed by atoms with Gasteiger partial charge in [0, 0.05) is 12.3 Å². The average Bonchev–Trinajstić information content (AvgIpc) is 2.39. The number of carboxylic acid groups (broad SMARTS) is 1. The van der Waals surface area contributed by atoms with E-state index < -0.39 is 12.0 Å². The zero-order valence-electron chi connectivity index (χ0n) is 10.2. The van der Waals surface area contributed by atoms with E-state index in [-0.39, 0.29) is 12.0 Å². The van der Waals surface area contributed by atoms with Gasteiger partial charge in [-0.3, -0.25) is 9.59 Å². The summed E-state index contributed by atoms with van der Waals surface area (Å²) < 4.78 is 0. The van der Waals surface area contributed by atoms with Crippen LogP contribution in [0.15, 0.2) is 47.4 Å². The van der Waals surface area contributed by atoms with Crippen LogP contribution in [0.4, 0.5) is 0 Å². The molecule has 0 saturated carbocycles. The summed E-state index contributed by atoms with van der Waals surface area (Å²) in [5.74, 6) is -1.03. The Labute approximate surface area is 109 Å². The standard InChI is InChI=1S/C14H14N2O3/c15-12(14(18)19)7-9-2-1-3-10(6-9)11-4-5-16-13(17)8-11/h1-6,8,12H,7,15H2,(H,16,17)(H,18,19)/t12-/m0/s1. The fraction of sp³-hybridized carbons (Fsp3) is 0.143. The number of aliphatic carboxylic acids is 1. The van der Waals surface area contributed by atoms with Crippen molar-refractivity contribution in [1.29, 1.82) is 0 Å². The van der Waals surface area contributed by atoms with E-state index in [1.165, 1.54) is 6.07 Å². The first-order valence-electron chi connectivity index (χ1n) is 5.83. The topological polar surface area (TPSA) is 96.2 Å². The fourth-order valence-corrected chi connectivity index (χ4v) is 1.84. The Hall–Kier alpha value is -2.40. The van der Waals surface area contributed by atoms with Crippen LogP contribution in [0.3, 0.4) is 0 Å². The molecule has 0 aliphatic heterocycles. The summed E-state index contributed by atoms with van der Waals surface area (Å²) in [4.78, 5) is 24.5. The highest BCUT2D eigenvalue weighted by atomic mass is 16.4. The predicted octanol–water partition coefficient (Wildman–Crippen LogP) is 0.996. The molecule has 0 bridgehead atoms. The highest BCUT2D eigenvalue weighted by Gasteiger charge is 2.12. The van der Waals surface area contributed by atoms with Gasteiger partial charge in [-0.05, 0) is 29.2 Å². The third-order valence-corrected chi connectivity index (χ3v) is 2.81. The number of benzene rings is 1. The zero-order valence-corrected chi connectivity index (χ0v) is 10.2.